The lowest BCUT2D eigenvalue weighted by Crippen LogP contribution is -2.59. The van der Waals surface area contributed by atoms with Crippen molar-refractivity contribution in [3.63, 3.8) is 0 Å². The van der Waals surface area contributed by atoms with Gasteiger partial charge >= 0.3 is 6.09 Å². The third-order valence-corrected chi connectivity index (χ3v) is 8.51. The van der Waals surface area contributed by atoms with Crippen LogP contribution < -0.4 is 9.62 Å². The second-order valence-corrected chi connectivity index (χ2v) is 11.7. The number of nitrogens with zero attached hydrogens (tertiary/aromatic N) is 2. The minimum atomic E-state index is -0.631. The lowest BCUT2D eigenvalue weighted by molar-refractivity contribution is 0.117. The van der Waals surface area contributed by atoms with Crippen LogP contribution in [-0.2, 0) is 11.3 Å². The fourth-order valence-electron chi connectivity index (χ4n) is 4.98. The van der Waals surface area contributed by atoms with Gasteiger partial charge in [-0.1, -0.05) is 97.7 Å². The van der Waals surface area contributed by atoms with E-state index in [1.807, 2.05) is 72.7 Å². The van der Waals surface area contributed by atoms with Gasteiger partial charge in [-0.25, -0.2) is 13.6 Å². The predicted molar refractivity (Wildman–Crippen MR) is 177 cm³/mol. The molecule has 44 heavy (non-hydrogen) atoms. The molecule has 1 aliphatic heterocycles. The minimum Gasteiger partial charge on any atom is -0.445 e. The number of likely N-dealkylation sites (tertiary alicyclic amines) is 1. The topological polar surface area (TPSA) is 44.8 Å². The number of halogens is 3. The van der Waals surface area contributed by atoms with Crippen LogP contribution in [0, 0.1) is 18.6 Å². The quantitative estimate of drug-likeness (QED) is 0.132. The maximum absolute atomic E-state index is 14.2. The molecule has 1 saturated heterocycles. The summed E-state index contributed by atoms with van der Waals surface area (Å²) in [4.78, 5) is 14.5. The molecule has 0 aromatic heterocycles. The fraction of sp³-hybridized carbons (Fsp3) is 0.286. The molecule has 0 spiro atoms. The lowest BCUT2D eigenvalue weighted by atomic mass is 9.92. The van der Waals surface area contributed by atoms with E-state index in [9.17, 15) is 13.6 Å². The van der Waals surface area contributed by atoms with E-state index in [4.69, 9.17) is 16.3 Å². The number of hydrogen-bond donors (Lipinski definition) is 1. The highest BCUT2D eigenvalue weighted by atomic mass is 35.5. The molecule has 5 nitrogen and oxygen atoms in total. The molecule has 5 rings (SSSR count). The van der Waals surface area contributed by atoms with Crippen molar-refractivity contribution in [1.82, 2.24) is 10.2 Å². The van der Waals surface area contributed by atoms with Crippen LogP contribution >= 0.6 is 23.5 Å². The number of alkyl carbamates (subject to hydrolysis) is 1. The van der Waals surface area contributed by atoms with E-state index in [1.54, 1.807) is 0 Å². The number of amides is 1. The maximum atomic E-state index is 14.2. The van der Waals surface area contributed by atoms with Crippen LogP contribution in [0.1, 0.15) is 42.1 Å². The van der Waals surface area contributed by atoms with Gasteiger partial charge in [-0.2, -0.15) is 0 Å². The van der Waals surface area contributed by atoms with Crippen LogP contribution in [0.25, 0.3) is 0 Å². The number of carbonyl (C=O) groups is 1. The first-order chi connectivity index (χ1) is 21.4. The van der Waals surface area contributed by atoms with Gasteiger partial charge in [0.2, 0.25) is 0 Å². The Balaban J connectivity index is 0.00000216. The molecular formula is C35H38ClF2N3O2S. The van der Waals surface area contributed by atoms with Gasteiger partial charge in [0.25, 0.3) is 0 Å². The van der Waals surface area contributed by atoms with Gasteiger partial charge in [0.05, 0.1) is 17.8 Å². The Labute approximate surface area is 268 Å². The normalized spacial score (nSPS) is 13.7. The number of nitrogens with one attached hydrogen (secondary N) is 1. The second kappa shape index (κ2) is 16.5. The Hall–Kier alpha value is -3.59. The standard InChI is InChI=1S/C33H32ClF2N3O2S.C2H6/c1-23-7-9-25(10-8-23)32(26-11-13-27(34)14-12-26)38-20-31(21-38)39(30-18-28(35)17-29(36)19-30)42-16-15-37-33(40)41-22-24-5-3-2-4-6-24;1-2/h2-14,17-19,31-32H,15-16,20-22H2,1H3,(H,37,40);1-2H3. The van der Waals surface area contributed by atoms with Crippen molar-refractivity contribution in [2.75, 3.05) is 29.7 Å². The molecule has 1 aliphatic rings. The first-order valence-electron chi connectivity index (χ1n) is 14.7. The highest BCUT2D eigenvalue weighted by molar-refractivity contribution is 8.00. The number of benzene rings is 4. The van der Waals surface area contributed by atoms with Crippen LogP contribution in [0.5, 0.6) is 0 Å². The van der Waals surface area contributed by atoms with E-state index in [0.717, 1.165) is 22.8 Å². The summed E-state index contributed by atoms with van der Waals surface area (Å²) in [6.45, 7) is 7.94. The summed E-state index contributed by atoms with van der Waals surface area (Å²) in [6.07, 6.45) is -0.512. The first-order valence-corrected chi connectivity index (χ1v) is 16.1. The third kappa shape index (κ3) is 9.21. The van der Waals surface area contributed by atoms with Crippen molar-refractivity contribution < 1.29 is 18.3 Å². The number of rotatable bonds is 11. The summed E-state index contributed by atoms with van der Waals surface area (Å²) in [7, 11) is 0. The van der Waals surface area contributed by atoms with Gasteiger partial charge in [-0.05, 0) is 59.8 Å². The van der Waals surface area contributed by atoms with Crippen LogP contribution in [0.15, 0.2) is 97.1 Å². The zero-order valence-corrected chi connectivity index (χ0v) is 26.8. The Bertz CT molecular complexity index is 1400. The fourth-order valence-corrected chi connectivity index (χ4v) is 6.10. The molecule has 0 aliphatic carbocycles. The Morgan fingerprint density at radius 2 is 1.55 bits per heavy atom. The van der Waals surface area contributed by atoms with Gasteiger partial charge in [0, 0.05) is 36.5 Å². The molecule has 1 N–H and O–H groups in total. The average molecular weight is 638 g/mol. The molecular weight excluding hydrogens is 600 g/mol. The summed E-state index contributed by atoms with van der Waals surface area (Å²) in [6, 6.07) is 29.4. The molecule has 232 valence electrons. The summed E-state index contributed by atoms with van der Waals surface area (Å²) >= 11 is 7.60. The lowest BCUT2D eigenvalue weighted by Gasteiger charge is -2.49. The zero-order valence-electron chi connectivity index (χ0n) is 25.2. The van der Waals surface area contributed by atoms with Crippen molar-refractivity contribution in [2.24, 2.45) is 0 Å². The van der Waals surface area contributed by atoms with E-state index in [2.05, 4.69) is 41.4 Å². The van der Waals surface area contributed by atoms with Crippen molar-refractivity contribution in [1.29, 1.82) is 0 Å². The first kappa shape index (κ1) is 33.3. The van der Waals surface area contributed by atoms with Gasteiger partial charge in [-0.15, -0.1) is 0 Å². The van der Waals surface area contributed by atoms with E-state index in [-0.39, 0.29) is 18.7 Å². The maximum Gasteiger partial charge on any atom is 0.407 e. The molecule has 1 heterocycles. The Morgan fingerprint density at radius 3 is 2.16 bits per heavy atom. The largest absolute Gasteiger partial charge is 0.445 e. The molecule has 9 heteroatoms. The molecule has 1 atom stereocenters. The highest BCUT2D eigenvalue weighted by Gasteiger charge is 2.38. The SMILES string of the molecule is CC.Cc1ccc(C(c2ccc(Cl)cc2)N2CC(N(SCCNC(=O)OCc3ccccc3)c3cc(F)cc(F)c3)C2)cc1. The van der Waals surface area contributed by atoms with Gasteiger partial charge in [0.15, 0.2) is 0 Å². The predicted octanol–water partition coefficient (Wildman–Crippen LogP) is 8.81. The minimum absolute atomic E-state index is 0.00137. The van der Waals surface area contributed by atoms with E-state index < -0.39 is 17.7 Å². The highest BCUT2D eigenvalue weighted by Crippen LogP contribution is 2.38. The van der Waals surface area contributed by atoms with Crippen molar-refractivity contribution in [3.05, 3.63) is 136 Å². The number of aryl methyl sites for hydroxylation is 1. The number of ether oxygens (including phenoxy) is 1. The molecule has 0 radical (unpaired) electrons. The monoisotopic (exact) mass is 637 g/mol. The summed E-state index contributed by atoms with van der Waals surface area (Å²) in [5, 5.41) is 3.44. The van der Waals surface area contributed by atoms with Crippen LogP contribution in [-0.4, -0.2) is 42.4 Å². The summed E-state index contributed by atoms with van der Waals surface area (Å²) in [5.74, 6) is -0.769. The molecule has 1 amide bonds. The average Bonchev–Trinajstić information content (AvgIpc) is 3.00. The smallest absolute Gasteiger partial charge is 0.407 e. The number of hydrogen-bond acceptors (Lipinski definition) is 5. The summed E-state index contributed by atoms with van der Waals surface area (Å²) in [5.41, 5.74) is 4.82. The second-order valence-electron chi connectivity index (χ2n) is 10.2. The molecule has 4 aromatic carbocycles. The van der Waals surface area contributed by atoms with Crippen molar-refractivity contribution >= 4 is 35.3 Å². The Kier molecular flexibility index (Phi) is 12.5. The van der Waals surface area contributed by atoms with Gasteiger partial charge < -0.3 is 14.4 Å². The van der Waals surface area contributed by atoms with Gasteiger partial charge in [0.1, 0.15) is 18.2 Å². The van der Waals surface area contributed by atoms with E-state index >= 15 is 0 Å². The zero-order chi connectivity index (χ0) is 31.5. The number of anilines is 1. The Morgan fingerprint density at radius 1 is 0.955 bits per heavy atom. The van der Waals surface area contributed by atoms with Crippen molar-refractivity contribution in [3.8, 4) is 0 Å². The molecule has 0 bridgehead atoms. The van der Waals surface area contributed by atoms with Crippen LogP contribution in [0.3, 0.4) is 0 Å². The van der Waals surface area contributed by atoms with Crippen LogP contribution in [0.4, 0.5) is 19.3 Å². The van der Waals surface area contributed by atoms with Crippen LogP contribution in [0.2, 0.25) is 5.02 Å². The van der Waals surface area contributed by atoms with Crippen molar-refractivity contribution in [2.45, 2.75) is 39.5 Å². The summed E-state index contributed by atoms with van der Waals surface area (Å²) < 4.78 is 35.7. The molecule has 1 unspecified atom stereocenters. The van der Waals surface area contributed by atoms with E-state index in [0.29, 0.717) is 36.1 Å². The molecule has 1 fully saturated rings. The molecule has 0 saturated carbocycles. The van der Waals surface area contributed by atoms with Gasteiger partial charge in [-0.3, -0.25) is 4.90 Å². The molecule has 4 aromatic rings. The van der Waals surface area contributed by atoms with E-state index in [1.165, 1.54) is 29.6 Å². The third-order valence-electron chi connectivity index (χ3n) is 7.08. The number of carbonyl (C=O) groups excluding carboxylic acids is 1.